The molecule has 1 aromatic heterocycles. The first kappa shape index (κ1) is 14.7. The molecule has 0 atom stereocenters. The molecular formula is C14H7BrClN3O3. The van der Waals surface area contributed by atoms with Gasteiger partial charge in [-0.25, -0.2) is 0 Å². The molecule has 0 radical (unpaired) electrons. The molecule has 0 aliphatic heterocycles. The first-order valence-corrected chi connectivity index (χ1v) is 7.25. The number of aromatic nitrogens is 2. The van der Waals surface area contributed by atoms with E-state index in [1.165, 1.54) is 18.2 Å². The molecule has 2 aromatic carbocycles. The van der Waals surface area contributed by atoms with Crippen molar-refractivity contribution in [2.75, 3.05) is 0 Å². The molecule has 0 unspecified atom stereocenters. The fourth-order valence-electron chi connectivity index (χ4n) is 1.84. The zero-order valence-corrected chi connectivity index (χ0v) is 13.2. The first-order chi connectivity index (χ1) is 10.5. The SMILES string of the molecule is O=[N+]([O-])c1ccc(-c2nc(-c3ccc(Br)cc3)no2)c(Cl)c1. The molecule has 0 fully saturated rings. The monoisotopic (exact) mass is 379 g/mol. The minimum atomic E-state index is -0.517. The van der Waals surface area contributed by atoms with Crippen molar-refractivity contribution in [3.8, 4) is 22.8 Å². The van der Waals surface area contributed by atoms with E-state index in [4.69, 9.17) is 16.1 Å². The lowest BCUT2D eigenvalue weighted by molar-refractivity contribution is -0.384. The Hall–Kier alpha value is -2.25. The lowest BCUT2D eigenvalue weighted by atomic mass is 10.2. The lowest BCUT2D eigenvalue weighted by Gasteiger charge is -1.98. The highest BCUT2D eigenvalue weighted by Crippen LogP contribution is 2.31. The summed E-state index contributed by atoms with van der Waals surface area (Å²) < 4.78 is 6.13. The van der Waals surface area contributed by atoms with Crippen molar-refractivity contribution in [2.45, 2.75) is 0 Å². The predicted molar refractivity (Wildman–Crippen MR) is 84.5 cm³/mol. The van der Waals surface area contributed by atoms with Crippen LogP contribution in [0.3, 0.4) is 0 Å². The van der Waals surface area contributed by atoms with Gasteiger partial charge in [0.05, 0.1) is 15.5 Å². The van der Waals surface area contributed by atoms with Gasteiger partial charge in [0.25, 0.3) is 11.6 Å². The van der Waals surface area contributed by atoms with Crippen molar-refractivity contribution in [3.05, 3.63) is 62.1 Å². The van der Waals surface area contributed by atoms with E-state index in [9.17, 15) is 10.1 Å². The summed E-state index contributed by atoms with van der Waals surface area (Å²) in [6.07, 6.45) is 0. The van der Waals surface area contributed by atoms with Gasteiger partial charge in [-0.3, -0.25) is 10.1 Å². The van der Waals surface area contributed by atoms with Crippen LogP contribution in [-0.4, -0.2) is 15.1 Å². The Morgan fingerprint density at radius 1 is 1.18 bits per heavy atom. The average molecular weight is 381 g/mol. The van der Waals surface area contributed by atoms with Crippen LogP contribution in [0.4, 0.5) is 5.69 Å². The summed E-state index contributed by atoms with van der Waals surface area (Å²) in [4.78, 5) is 14.5. The smallest absolute Gasteiger partial charge is 0.270 e. The quantitative estimate of drug-likeness (QED) is 0.484. The number of non-ortho nitro benzene ring substituents is 1. The van der Waals surface area contributed by atoms with E-state index < -0.39 is 4.92 Å². The maximum absolute atomic E-state index is 10.7. The zero-order valence-electron chi connectivity index (χ0n) is 10.9. The van der Waals surface area contributed by atoms with Crippen molar-refractivity contribution in [2.24, 2.45) is 0 Å². The van der Waals surface area contributed by atoms with Crippen LogP contribution in [0.2, 0.25) is 5.02 Å². The number of nitro groups is 1. The van der Waals surface area contributed by atoms with Crippen LogP contribution in [0.15, 0.2) is 51.5 Å². The summed E-state index contributed by atoms with van der Waals surface area (Å²) in [5, 5.41) is 14.8. The number of nitro benzene ring substituents is 1. The van der Waals surface area contributed by atoms with E-state index in [0.29, 0.717) is 11.4 Å². The van der Waals surface area contributed by atoms with Gasteiger partial charge in [-0.2, -0.15) is 4.98 Å². The molecule has 0 saturated heterocycles. The van der Waals surface area contributed by atoms with Crippen molar-refractivity contribution >= 4 is 33.2 Å². The second kappa shape index (κ2) is 5.86. The maximum atomic E-state index is 10.7. The highest BCUT2D eigenvalue weighted by molar-refractivity contribution is 9.10. The van der Waals surface area contributed by atoms with E-state index in [-0.39, 0.29) is 16.6 Å². The molecule has 3 rings (SSSR count). The molecule has 0 bridgehead atoms. The topological polar surface area (TPSA) is 82.1 Å². The zero-order chi connectivity index (χ0) is 15.7. The Balaban J connectivity index is 1.97. The Morgan fingerprint density at radius 3 is 2.55 bits per heavy atom. The molecule has 110 valence electrons. The van der Waals surface area contributed by atoms with Gasteiger partial charge in [-0.05, 0) is 30.3 Å². The molecule has 0 aliphatic carbocycles. The normalized spacial score (nSPS) is 10.6. The molecule has 22 heavy (non-hydrogen) atoms. The van der Waals surface area contributed by atoms with Gasteiger partial charge >= 0.3 is 0 Å². The highest BCUT2D eigenvalue weighted by atomic mass is 79.9. The fourth-order valence-corrected chi connectivity index (χ4v) is 2.36. The van der Waals surface area contributed by atoms with Crippen molar-refractivity contribution in [1.82, 2.24) is 10.1 Å². The van der Waals surface area contributed by atoms with Gasteiger partial charge in [0.15, 0.2) is 0 Å². The van der Waals surface area contributed by atoms with E-state index in [0.717, 1.165) is 10.0 Å². The van der Waals surface area contributed by atoms with Gasteiger partial charge < -0.3 is 4.52 Å². The third kappa shape index (κ3) is 2.86. The van der Waals surface area contributed by atoms with Crippen molar-refractivity contribution in [1.29, 1.82) is 0 Å². The van der Waals surface area contributed by atoms with Crippen LogP contribution in [-0.2, 0) is 0 Å². The van der Waals surface area contributed by atoms with E-state index in [2.05, 4.69) is 26.1 Å². The van der Waals surface area contributed by atoms with Gasteiger partial charge in [0, 0.05) is 22.2 Å². The number of benzene rings is 2. The third-order valence-corrected chi connectivity index (χ3v) is 3.76. The van der Waals surface area contributed by atoms with Crippen LogP contribution in [0.25, 0.3) is 22.8 Å². The lowest BCUT2D eigenvalue weighted by Crippen LogP contribution is -1.88. The standard InChI is InChI=1S/C14H7BrClN3O3/c15-9-3-1-8(2-4-9)13-17-14(22-18-13)11-6-5-10(19(20)21)7-12(11)16/h1-7H. The summed E-state index contributed by atoms with van der Waals surface area (Å²) in [6, 6.07) is 11.5. The Labute approximate surface area is 138 Å². The Kier molecular flexibility index (Phi) is 3.91. The van der Waals surface area contributed by atoms with Crippen LogP contribution in [0.5, 0.6) is 0 Å². The minimum Gasteiger partial charge on any atom is -0.334 e. The van der Waals surface area contributed by atoms with E-state index in [1.807, 2.05) is 24.3 Å². The molecule has 8 heteroatoms. The number of hydrogen-bond acceptors (Lipinski definition) is 5. The largest absolute Gasteiger partial charge is 0.334 e. The third-order valence-electron chi connectivity index (χ3n) is 2.92. The minimum absolute atomic E-state index is 0.0959. The number of halogens is 2. The summed E-state index contributed by atoms with van der Waals surface area (Å²) in [6.45, 7) is 0. The molecule has 0 saturated carbocycles. The number of rotatable bonds is 3. The van der Waals surface area contributed by atoms with Gasteiger partial charge in [-0.1, -0.05) is 32.7 Å². The molecule has 6 nitrogen and oxygen atoms in total. The Morgan fingerprint density at radius 2 is 1.91 bits per heavy atom. The highest BCUT2D eigenvalue weighted by Gasteiger charge is 2.16. The second-order valence-electron chi connectivity index (χ2n) is 4.35. The fraction of sp³-hybridized carbons (Fsp3) is 0. The number of nitrogens with zero attached hydrogens (tertiary/aromatic N) is 3. The van der Waals surface area contributed by atoms with Crippen LogP contribution < -0.4 is 0 Å². The summed E-state index contributed by atoms with van der Waals surface area (Å²) >= 11 is 9.40. The molecular weight excluding hydrogens is 374 g/mol. The number of hydrogen-bond donors (Lipinski definition) is 0. The van der Waals surface area contributed by atoms with Crippen molar-refractivity contribution in [3.63, 3.8) is 0 Å². The summed E-state index contributed by atoms with van der Waals surface area (Å²) in [5.74, 6) is 0.620. The second-order valence-corrected chi connectivity index (χ2v) is 5.67. The molecule has 1 heterocycles. The Bertz CT molecular complexity index is 849. The van der Waals surface area contributed by atoms with Crippen molar-refractivity contribution < 1.29 is 9.45 Å². The summed E-state index contributed by atoms with van der Waals surface area (Å²) in [5.41, 5.74) is 1.14. The summed E-state index contributed by atoms with van der Waals surface area (Å²) in [7, 11) is 0. The van der Waals surface area contributed by atoms with Crippen LogP contribution in [0.1, 0.15) is 0 Å². The molecule has 0 N–H and O–H groups in total. The molecule has 0 amide bonds. The molecule has 0 aliphatic rings. The average Bonchev–Trinajstić information content (AvgIpc) is 2.97. The van der Waals surface area contributed by atoms with Gasteiger partial charge in [0.2, 0.25) is 5.82 Å². The molecule has 0 spiro atoms. The van der Waals surface area contributed by atoms with Crippen LogP contribution in [0, 0.1) is 10.1 Å². The van der Waals surface area contributed by atoms with Gasteiger partial charge in [0.1, 0.15) is 0 Å². The van der Waals surface area contributed by atoms with E-state index >= 15 is 0 Å². The molecule has 3 aromatic rings. The predicted octanol–water partition coefficient (Wildman–Crippen LogP) is 4.73. The van der Waals surface area contributed by atoms with Gasteiger partial charge in [-0.15, -0.1) is 0 Å². The maximum Gasteiger partial charge on any atom is 0.270 e. The van der Waals surface area contributed by atoms with Crippen LogP contribution >= 0.6 is 27.5 Å². The van der Waals surface area contributed by atoms with E-state index in [1.54, 1.807) is 0 Å². The first-order valence-electron chi connectivity index (χ1n) is 6.08.